The zero-order valence-electron chi connectivity index (χ0n) is 11.8. The summed E-state index contributed by atoms with van der Waals surface area (Å²) < 4.78 is 40.4. The number of nitrogens with one attached hydrogen (secondary N) is 1. The Hall–Kier alpha value is -2.83. The monoisotopic (exact) mass is 319 g/mol. The van der Waals surface area contributed by atoms with Crippen molar-refractivity contribution in [1.82, 2.24) is 9.38 Å². The first-order valence-corrected chi connectivity index (χ1v) is 6.82. The van der Waals surface area contributed by atoms with Crippen LogP contribution in [-0.4, -0.2) is 15.3 Å². The lowest BCUT2D eigenvalue weighted by molar-refractivity contribution is -0.137. The number of hydrogen-bond donors (Lipinski definition) is 1. The molecule has 0 aliphatic heterocycles. The molecule has 3 aromatic rings. The van der Waals surface area contributed by atoms with Crippen molar-refractivity contribution in [1.29, 1.82) is 0 Å². The molecule has 0 bridgehead atoms. The van der Waals surface area contributed by atoms with E-state index in [0.717, 1.165) is 6.07 Å². The van der Waals surface area contributed by atoms with E-state index in [1.165, 1.54) is 18.2 Å². The van der Waals surface area contributed by atoms with Crippen molar-refractivity contribution >= 4 is 17.2 Å². The molecule has 0 unspecified atom stereocenters. The first-order valence-electron chi connectivity index (χ1n) is 6.82. The van der Waals surface area contributed by atoms with Crippen molar-refractivity contribution in [2.45, 2.75) is 12.6 Å². The molecule has 1 N–H and O–H groups in total. The molecule has 0 fully saturated rings. The van der Waals surface area contributed by atoms with Gasteiger partial charge in [-0.1, -0.05) is 18.2 Å². The molecule has 23 heavy (non-hydrogen) atoms. The minimum Gasteiger partial charge on any atom is -0.325 e. The number of carbonyl (C=O) groups excluding carboxylic acids is 1. The Morgan fingerprint density at radius 2 is 1.87 bits per heavy atom. The molecule has 1 aromatic carbocycles. The lowest BCUT2D eigenvalue weighted by Crippen LogP contribution is -2.18. The number of pyridine rings is 1. The van der Waals surface area contributed by atoms with Crippen LogP contribution in [0.1, 0.15) is 11.3 Å². The van der Waals surface area contributed by atoms with E-state index in [1.54, 1.807) is 22.9 Å². The van der Waals surface area contributed by atoms with Crippen LogP contribution in [0.2, 0.25) is 0 Å². The van der Waals surface area contributed by atoms with Crippen LogP contribution in [0.25, 0.3) is 5.65 Å². The van der Waals surface area contributed by atoms with E-state index in [0.29, 0.717) is 11.3 Å². The Labute approximate surface area is 129 Å². The van der Waals surface area contributed by atoms with Gasteiger partial charge in [0.25, 0.3) is 0 Å². The number of rotatable bonds is 3. The lowest BCUT2D eigenvalue weighted by atomic mass is 10.1. The number of nitrogens with zero attached hydrogens (tertiary/aromatic N) is 2. The molecule has 0 saturated carbocycles. The highest BCUT2D eigenvalue weighted by atomic mass is 19.4. The van der Waals surface area contributed by atoms with Crippen LogP contribution in [0, 0.1) is 0 Å². The smallest absolute Gasteiger partial charge is 0.325 e. The predicted octanol–water partition coefficient (Wildman–Crippen LogP) is 3.53. The maximum Gasteiger partial charge on any atom is 0.418 e. The summed E-state index contributed by atoms with van der Waals surface area (Å²) in [5, 5.41) is 2.30. The van der Waals surface area contributed by atoms with Crippen molar-refractivity contribution in [3.63, 3.8) is 0 Å². The summed E-state index contributed by atoms with van der Waals surface area (Å²) in [4.78, 5) is 16.3. The Balaban J connectivity index is 1.77. The summed E-state index contributed by atoms with van der Waals surface area (Å²) >= 11 is 0. The highest BCUT2D eigenvalue weighted by Crippen LogP contribution is 2.34. The van der Waals surface area contributed by atoms with E-state index in [1.807, 2.05) is 12.1 Å². The third-order valence-corrected chi connectivity index (χ3v) is 3.26. The van der Waals surface area contributed by atoms with Gasteiger partial charge in [0.2, 0.25) is 5.91 Å². The third kappa shape index (κ3) is 3.33. The Morgan fingerprint density at radius 1 is 1.13 bits per heavy atom. The molecule has 0 spiro atoms. The number of carbonyl (C=O) groups is 1. The van der Waals surface area contributed by atoms with Gasteiger partial charge in [-0.3, -0.25) is 4.79 Å². The number of benzene rings is 1. The second kappa shape index (κ2) is 5.75. The van der Waals surface area contributed by atoms with Gasteiger partial charge in [-0.25, -0.2) is 4.98 Å². The Morgan fingerprint density at radius 3 is 2.61 bits per heavy atom. The number of anilines is 1. The topological polar surface area (TPSA) is 46.4 Å². The minimum atomic E-state index is -4.52. The van der Waals surface area contributed by atoms with Crippen LogP contribution < -0.4 is 5.32 Å². The third-order valence-electron chi connectivity index (χ3n) is 3.26. The average Bonchev–Trinajstić information content (AvgIpc) is 2.88. The zero-order chi connectivity index (χ0) is 16.4. The maximum atomic E-state index is 12.9. The van der Waals surface area contributed by atoms with Crippen molar-refractivity contribution in [2.24, 2.45) is 0 Å². The number of imidazole rings is 1. The molecular weight excluding hydrogens is 307 g/mol. The highest BCUT2D eigenvalue weighted by molar-refractivity contribution is 5.92. The SMILES string of the molecule is O=C(Cc1cn2ccccc2n1)Nc1ccccc1C(F)(F)F. The second-order valence-corrected chi connectivity index (χ2v) is 4.97. The van der Waals surface area contributed by atoms with Gasteiger partial charge in [0.15, 0.2) is 0 Å². The summed E-state index contributed by atoms with van der Waals surface area (Å²) in [5.74, 6) is -0.551. The lowest BCUT2D eigenvalue weighted by Gasteiger charge is -2.13. The van der Waals surface area contributed by atoms with E-state index in [-0.39, 0.29) is 12.1 Å². The first-order chi connectivity index (χ1) is 10.9. The molecule has 0 aliphatic rings. The fourth-order valence-electron chi connectivity index (χ4n) is 2.27. The highest BCUT2D eigenvalue weighted by Gasteiger charge is 2.33. The van der Waals surface area contributed by atoms with Crippen LogP contribution in [0.4, 0.5) is 18.9 Å². The molecule has 0 aliphatic carbocycles. The number of aromatic nitrogens is 2. The predicted molar refractivity (Wildman–Crippen MR) is 79.0 cm³/mol. The number of para-hydroxylation sites is 1. The van der Waals surface area contributed by atoms with Crippen molar-refractivity contribution in [3.05, 3.63) is 66.1 Å². The zero-order valence-corrected chi connectivity index (χ0v) is 11.8. The standard InChI is InChI=1S/C16H12F3N3O/c17-16(18,19)12-5-1-2-6-13(12)21-15(23)9-11-10-22-8-4-3-7-14(22)20-11/h1-8,10H,9H2,(H,21,23). The minimum absolute atomic E-state index is 0.103. The maximum absolute atomic E-state index is 12.9. The second-order valence-electron chi connectivity index (χ2n) is 4.97. The summed E-state index contributed by atoms with van der Waals surface area (Å²) in [7, 11) is 0. The van der Waals surface area contributed by atoms with E-state index in [4.69, 9.17) is 0 Å². The quantitative estimate of drug-likeness (QED) is 0.803. The Kier molecular flexibility index (Phi) is 3.77. The van der Waals surface area contributed by atoms with Gasteiger partial charge in [0, 0.05) is 12.4 Å². The summed E-state index contributed by atoms with van der Waals surface area (Å²) in [6.45, 7) is 0. The van der Waals surface area contributed by atoms with Crippen molar-refractivity contribution in [3.8, 4) is 0 Å². The number of amides is 1. The molecule has 118 valence electrons. The van der Waals surface area contributed by atoms with Crippen LogP contribution >= 0.6 is 0 Å². The largest absolute Gasteiger partial charge is 0.418 e. The molecule has 2 aromatic heterocycles. The number of fused-ring (bicyclic) bond motifs is 1. The number of alkyl halides is 3. The summed E-state index contributed by atoms with van der Waals surface area (Å²) in [5.41, 5.74) is 0.0290. The van der Waals surface area contributed by atoms with Crippen molar-refractivity contribution < 1.29 is 18.0 Å². The van der Waals surface area contributed by atoms with Crippen LogP contribution in [0.15, 0.2) is 54.9 Å². The van der Waals surface area contributed by atoms with E-state index in [9.17, 15) is 18.0 Å². The number of halogens is 3. The summed E-state index contributed by atoms with van der Waals surface area (Å²) in [6.07, 6.45) is -1.17. The van der Waals surface area contributed by atoms with Crippen LogP contribution in [0.5, 0.6) is 0 Å². The molecule has 1 amide bonds. The molecule has 0 atom stereocenters. The fraction of sp³-hybridized carbons (Fsp3) is 0.125. The van der Waals surface area contributed by atoms with Gasteiger partial charge in [-0.05, 0) is 24.3 Å². The first kappa shape index (κ1) is 15.1. The van der Waals surface area contributed by atoms with Crippen LogP contribution in [-0.2, 0) is 17.4 Å². The van der Waals surface area contributed by atoms with Gasteiger partial charge in [0.05, 0.1) is 23.4 Å². The normalized spacial score (nSPS) is 11.6. The molecule has 2 heterocycles. The molecule has 3 rings (SSSR count). The van der Waals surface area contributed by atoms with Gasteiger partial charge in [0.1, 0.15) is 5.65 Å². The average molecular weight is 319 g/mol. The fourth-order valence-corrected chi connectivity index (χ4v) is 2.27. The van der Waals surface area contributed by atoms with Gasteiger partial charge < -0.3 is 9.72 Å². The molecule has 0 saturated heterocycles. The van der Waals surface area contributed by atoms with E-state index < -0.39 is 17.6 Å². The molecule has 0 radical (unpaired) electrons. The van der Waals surface area contributed by atoms with E-state index in [2.05, 4.69) is 10.3 Å². The van der Waals surface area contributed by atoms with Crippen LogP contribution in [0.3, 0.4) is 0 Å². The molecule has 4 nitrogen and oxygen atoms in total. The summed E-state index contributed by atoms with van der Waals surface area (Å²) in [6, 6.07) is 10.3. The molecule has 7 heteroatoms. The van der Waals surface area contributed by atoms with Crippen molar-refractivity contribution in [2.75, 3.05) is 5.32 Å². The van der Waals surface area contributed by atoms with Gasteiger partial charge in [-0.15, -0.1) is 0 Å². The Bertz CT molecular complexity index is 822. The molecular formula is C16H12F3N3O. The van der Waals surface area contributed by atoms with E-state index >= 15 is 0 Å². The number of hydrogen-bond acceptors (Lipinski definition) is 2. The van der Waals surface area contributed by atoms with Gasteiger partial charge in [-0.2, -0.15) is 13.2 Å². The van der Waals surface area contributed by atoms with Gasteiger partial charge >= 0.3 is 6.18 Å².